The molecule has 3 aromatic carbocycles. The van der Waals surface area contributed by atoms with Gasteiger partial charge in [0.15, 0.2) is 0 Å². The number of fused-ring (bicyclic) bond motifs is 2. The Kier molecular flexibility index (Phi) is 6.59. The molecule has 1 amide bonds. The van der Waals surface area contributed by atoms with Gasteiger partial charge in [-0.3, -0.25) is 4.79 Å². The summed E-state index contributed by atoms with van der Waals surface area (Å²) in [6.07, 6.45) is 1.75. The van der Waals surface area contributed by atoms with Crippen LogP contribution in [0, 0.1) is 5.82 Å². The number of carbonyl (C=O) groups is 2. The van der Waals surface area contributed by atoms with Crippen LogP contribution in [0.5, 0.6) is 0 Å². The molecule has 0 bridgehead atoms. The minimum absolute atomic E-state index is 0.0754. The number of benzene rings is 3. The van der Waals surface area contributed by atoms with Crippen molar-refractivity contribution in [3.05, 3.63) is 88.2 Å². The molecule has 1 atom stereocenters. The summed E-state index contributed by atoms with van der Waals surface area (Å²) in [5.41, 5.74) is 2.05. The minimum Gasteiger partial charge on any atom is -0.459 e. The van der Waals surface area contributed by atoms with Crippen molar-refractivity contribution >= 4 is 40.9 Å². The van der Waals surface area contributed by atoms with Gasteiger partial charge >= 0.3 is 5.97 Å². The van der Waals surface area contributed by atoms with Crippen LogP contribution in [0.1, 0.15) is 39.1 Å². The van der Waals surface area contributed by atoms with Crippen LogP contribution in [0.15, 0.2) is 70.5 Å². The molecule has 1 unspecified atom stereocenters. The van der Waals surface area contributed by atoms with Gasteiger partial charge in [0.2, 0.25) is 0 Å². The lowest BCUT2D eigenvalue weighted by Crippen LogP contribution is -2.30. The first-order chi connectivity index (χ1) is 16.5. The molecule has 0 N–H and O–H groups in total. The Balaban J connectivity index is 1.51. The zero-order valence-electron chi connectivity index (χ0n) is 18.1. The standard InChI is InChI=1S/C26H21ClFNO4S/c27-21-13-18(28)9-7-17(21)14-29-22-12-16(26(31)33-15-19-4-3-11-32-19)8-10-24(22)34-23-6-2-1-5-20(23)25(29)30/h1-2,5-10,12-13,19H,3-4,11,14-15H2. The number of hydrogen-bond donors (Lipinski definition) is 0. The first-order valence-electron chi connectivity index (χ1n) is 10.9. The Morgan fingerprint density at radius 3 is 2.79 bits per heavy atom. The van der Waals surface area contributed by atoms with Gasteiger partial charge in [0.1, 0.15) is 12.4 Å². The van der Waals surface area contributed by atoms with E-state index in [-0.39, 0.29) is 30.2 Å². The molecule has 5 nitrogen and oxygen atoms in total. The molecule has 2 aliphatic heterocycles. The quantitative estimate of drug-likeness (QED) is 0.397. The molecule has 2 heterocycles. The highest BCUT2D eigenvalue weighted by atomic mass is 35.5. The van der Waals surface area contributed by atoms with E-state index in [1.165, 1.54) is 23.9 Å². The van der Waals surface area contributed by atoms with E-state index in [4.69, 9.17) is 21.1 Å². The molecule has 0 aliphatic carbocycles. The maximum Gasteiger partial charge on any atom is 0.338 e. The summed E-state index contributed by atoms with van der Waals surface area (Å²) in [5.74, 6) is -1.15. The fourth-order valence-corrected chi connectivity index (χ4v) is 5.34. The van der Waals surface area contributed by atoms with Crippen molar-refractivity contribution in [2.24, 2.45) is 0 Å². The van der Waals surface area contributed by atoms with Crippen molar-refractivity contribution < 1.29 is 23.5 Å². The average molecular weight is 498 g/mol. The predicted octanol–water partition coefficient (Wildman–Crippen LogP) is 6.13. The van der Waals surface area contributed by atoms with Gasteiger partial charge in [-0.05, 0) is 60.9 Å². The zero-order valence-corrected chi connectivity index (χ0v) is 19.7. The van der Waals surface area contributed by atoms with Gasteiger partial charge in [0.05, 0.1) is 29.5 Å². The maximum atomic E-state index is 13.6. The van der Waals surface area contributed by atoms with E-state index in [1.54, 1.807) is 29.2 Å². The fourth-order valence-electron chi connectivity index (χ4n) is 4.05. The van der Waals surface area contributed by atoms with Crippen LogP contribution in [0.4, 0.5) is 10.1 Å². The molecule has 0 saturated carbocycles. The molecule has 5 rings (SSSR count). The van der Waals surface area contributed by atoms with Gasteiger partial charge in [-0.25, -0.2) is 9.18 Å². The van der Waals surface area contributed by atoms with E-state index in [2.05, 4.69) is 0 Å². The van der Waals surface area contributed by atoms with Crippen molar-refractivity contribution in [3.8, 4) is 0 Å². The lowest BCUT2D eigenvalue weighted by Gasteiger charge is -2.24. The molecule has 8 heteroatoms. The maximum absolute atomic E-state index is 13.6. The highest BCUT2D eigenvalue weighted by Gasteiger charge is 2.29. The first kappa shape index (κ1) is 22.9. The molecular formula is C26H21ClFNO4S. The van der Waals surface area contributed by atoms with Crippen molar-refractivity contribution in [2.45, 2.75) is 35.3 Å². The second-order valence-corrected chi connectivity index (χ2v) is 9.63. The molecule has 0 radical (unpaired) electrons. The van der Waals surface area contributed by atoms with Crippen molar-refractivity contribution in [2.75, 3.05) is 18.1 Å². The fraction of sp³-hybridized carbons (Fsp3) is 0.231. The number of halogens is 2. The molecule has 3 aromatic rings. The Labute approximate surface area is 205 Å². The van der Waals surface area contributed by atoms with E-state index in [0.29, 0.717) is 29.0 Å². The van der Waals surface area contributed by atoms with Crippen LogP contribution >= 0.6 is 23.4 Å². The molecular weight excluding hydrogens is 477 g/mol. The van der Waals surface area contributed by atoms with E-state index >= 15 is 0 Å². The summed E-state index contributed by atoms with van der Waals surface area (Å²) in [6.45, 7) is 1.00. The third-order valence-electron chi connectivity index (χ3n) is 5.84. The van der Waals surface area contributed by atoms with Crippen LogP contribution in [-0.2, 0) is 16.0 Å². The first-order valence-corrected chi connectivity index (χ1v) is 12.1. The molecule has 0 spiro atoms. The number of esters is 1. The lowest BCUT2D eigenvalue weighted by atomic mass is 10.1. The Morgan fingerprint density at radius 1 is 1.15 bits per heavy atom. The monoisotopic (exact) mass is 497 g/mol. The van der Waals surface area contributed by atoms with Crippen LogP contribution in [-0.4, -0.2) is 31.2 Å². The number of nitrogens with zero attached hydrogens (tertiary/aromatic N) is 1. The van der Waals surface area contributed by atoms with Crippen LogP contribution in [0.2, 0.25) is 5.02 Å². The van der Waals surface area contributed by atoms with Crippen LogP contribution in [0.3, 0.4) is 0 Å². The summed E-state index contributed by atoms with van der Waals surface area (Å²) in [4.78, 5) is 29.6. The van der Waals surface area contributed by atoms with Gasteiger partial charge in [0.25, 0.3) is 5.91 Å². The Hall–Kier alpha value is -2.87. The van der Waals surface area contributed by atoms with Crippen molar-refractivity contribution in [3.63, 3.8) is 0 Å². The van der Waals surface area contributed by atoms with Crippen molar-refractivity contribution in [1.29, 1.82) is 0 Å². The smallest absolute Gasteiger partial charge is 0.338 e. The van der Waals surface area contributed by atoms with Gasteiger partial charge in [-0.2, -0.15) is 0 Å². The number of hydrogen-bond acceptors (Lipinski definition) is 5. The Morgan fingerprint density at radius 2 is 2.00 bits per heavy atom. The molecule has 1 saturated heterocycles. The van der Waals surface area contributed by atoms with E-state index in [9.17, 15) is 14.0 Å². The third kappa shape index (κ3) is 4.69. The second kappa shape index (κ2) is 9.78. The van der Waals surface area contributed by atoms with Crippen LogP contribution in [0.25, 0.3) is 0 Å². The number of anilines is 1. The Bertz CT molecular complexity index is 1260. The highest BCUT2D eigenvalue weighted by molar-refractivity contribution is 7.99. The van der Waals surface area contributed by atoms with E-state index in [0.717, 1.165) is 22.6 Å². The molecule has 174 valence electrons. The minimum atomic E-state index is -0.475. The van der Waals surface area contributed by atoms with Crippen LogP contribution < -0.4 is 4.90 Å². The normalized spacial score (nSPS) is 17.2. The zero-order chi connectivity index (χ0) is 23.7. The molecule has 34 heavy (non-hydrogen) atoms. The lowest BCUT2D eigenvalue weighted by molar-refractivity contribution is 0.0161. The van der Waals surface area contributed by atoms with Gasteiger partial charge in [-0.1, -0.05) is 41.6 Å². The van der Waals surface area contributed by atoms with E-state index < -0.39 is 11.8 Å². The third-order valence-corrected chi connectivity index (χ3v) is 7.33. The summed E-state index contributed by atoms with van der Waals surface area (Å²) in [6, 6.07) is 16.6. The van der Waals surface area contributed by atoms with Gasteiger partial charge < -0.3 is 14.4 Å². The number of rotatable bonds is 5. The highest BCUT2D eigenvalue weighted by Crippen LogP contribution is 2.42. The predicted molar refractivity (Wildman–Crippen MR) is 128 cm³/mol. The number of amides is 1. The molecule has 2 aliphatic rings. The largest absolute Gasteiger partial charge is 0.459 e. The van der Waals surface area contributed by atoms with Crippen molar-refractivity contribution in [1.82, 2.24) is 0 Å². The number of ether oxygens (including phenoxy) is 2. The molecule has 0 aromatic heterocycles. The summed E-state index contributed by atoms with van der Waals surface area (Å²) < 4.78 is 24.6. The van der Waals surface area contributed by atoms with Gasteiger partial charge in [0, 0.05) is 21.4 Å². The summed E-state index contributed by atoms with van der Waals surface area (Å²) in [5, 5.41) is 0.228. The summed E-state index contributed by atoms with van der Waals surface area (Å²) >= 11 is 7.74. The van der Waals surface area contributed by atoms with Gasteiger partial charge in [-0.15, -0.1) is 0 Å². The second-order valence-electron chi connectivity index (χ2n) is 8.14. The number of carbonyl (C=O) groups excluding carboxylic acids is 2. The SMILES string of the molecule is O=C(OCC1CCCO1)c1ccc2c(c1)N(Cc1ccc(F)cc1Cl)C(=O)c1ccccc1S2. The average Bonchev–Trinajstić information content (AvgIpc) is 3.32. The van der Waals surface area contributed by atoms with E-state index in [1.807, 2.05) is 24.3 Å². The topological polar surface area (TPSA) is 55.8 Å². The summed E-state index contributed by atoms with van der Waals surface area (Å²) in [7, 11) is 0. The molecule has 1 fully saturated rings.